The first-order valence-corrected chi connectivity index (χ1v) is 30.7. The van der Waals surface area contributed by atoms with E-state index in [2.05, 4.69) is 109 Å². The van der Waals surface area contributed by atoms with Gasteiger partial charge in [-0.05, 0) is 0 Å². The Morgan fingerprint density at radius 2 is 1.14 bits per heavy atom. The Hall–Kier alpha value is -1.00. The van der Waals surface area contributed by atoms with Crippen LogP contribution in [0.5, 0.6) is 0 Å². The van der Waals surface area contributed by atoms with Crippen LogP contribution in [0.2, 0.25) is 13.1 Å². The number of allylic oxidation sites excluding steroid dienone is 2. The van der Waals surface area contributed by atoms with Crippen molar-refractivity contribution in [1.82, 2.24) is 0 Å². The maximum atomic E-state index is 8.30. The van der Waals surface area contributed by atoms with Gasteiger partial charge in [0, 0.05) is 0 Å². The van der Waals surface area contributed by atoms with Gasteiger partial charge >= 0.3 is 233 Å². The predicted octanol–water partition coefficient (Wildman–Crippen LogP) is 10.7. The minimum absolute atomic E-state index is 0.138. The molecule has 0 amide bonds. The second-order valence-corrected chi connectivity index (χ2v) is 54.7. The monoisotopic (exact) mass is 641 g/mol. The van der Waals surface area contributed by atoms with Crippen LogP contribution in [0.15, 0.2) is 81.2 Å². The van der Waals surface area contributed by atoms with Gasteiger partial charge in [-0.1, -0.05) is 0 Å². The third-order valence-electron chi connectivity index (χ3n) is 8.43. The molecule has 4 aromatic rings. The molecule has 0 spiro atoms. The summed E-state index contributed by atoms with van der Waals surface area (Å²) in [6.07, 6.45) is 4.77. The van der Waals surface area contributed by atoms with E-state index in [0.717, 1.165) is 0 Å². The zero-order chi connectivity index (χ0) is 25.3. The normalized spacial score (nSPS) is 20.0. The first kappa shape index (κ1) is 25.3. The summed E-state index contributed by atoms with van der Waals surface area (Å²) in [5.41, 5.74) is 13.2. The fourth-order valence-electron chi connectivity index (χ4n) is 6.74. The van der Waals surface area contributed by atoms with Crippen LogP contribution in [0.25, 0.3) is 34.4 Å². The third kappa shape index (κ3) is 3.59. The number of thiophene rings is 2. The van der Waals surface area contributed by atoms with E-state index in [1.165, 1.54) is 55.7 Å². The molecular formula is C30H29Cl2S2SiZr. The number of fused-ring (bicyclic) bond motifs is 2. The molecule has 0 bridgehead atoms. The zero-order valence-corrected chi connectivity index (χ0v) is 27.6. The predicted molar refractivity (Wildman–Crippen MR) is 163 cm³/mol. The number of benzene rings is 2. The van der Waals surface area contributed by atoms with E-state index in [1.54, 1.807) is 22.7 Å². The molecule has 0 fully saturated rings. The molecule has 36 heavy (non-hydrogen) atoms. The average molecular weight is 644 g/mol. The maximum absolute atomic E-state index is 8.30. The van der Waals surface area contributed by atoms with Crippen LogP contribution in [0.3, 0.4) is 0 Å². The molecule has 0 saturated carbocycles. The Morgan fingerprint density at radius 1 is 0.694 bits per heavy atom. The standard InChI is InChI=1S/2C14H11S.C2H7Si.2ClH.Zr/c2*1-10-7-11-3-2-4-13(14(11)8-10)12-5-6-15-9-12;1-3-2;;;/h2*2-9H,1H3;3H,1-2H3;2*1H;/q;;;;;+2/p-2. The molecule has 6 rings (SSSR count). The van der Waals surface area contributed by atoms with Crippen LogP contribution in [0.1, 0.15) is 43.4 Å². The molecule has 0 aliphatic heterocycles. The Labute approximate surface area is 231 Å². The zero-order valence-electron chi connectivity index (χ0n) is 20.9. The third-order valence-corrected chi connectivity index (χ3v) is 62.1. The number of hydrogen-bond donors (Lipinski definition) is 0. The first-order valence-electron chi connectivity index (χ1n) is 12.5. The van der Waals surface area contributed by atoms with Crippen LogP contribution in [-0.4, -0.2) is 5.92 Å². The van der Waals surface area contributed by atoms with Crippen molar-refractivity contribution in [3.05, 3.63) is 103 Å². The van der Waals surface area contributed by atoms with Crippen LogP contribution >= 0.6 is 39.7 Å². The van der Waals surface area contributed by atoms with Crippen molar-refractivity contribution < 1.29 is 15.6 Å². The first-order chi connectivity index (χ1) is 17.2. The average Bonchev–Trinajstić information content (AvgIpc) is 3.63. The minimum atomic E-state index is -4.58. The molecular weight excluding hydrogens is 615 g/mol. The fourth-order valence-corrected chi connectivity index (χ4v) is 41.0. The van der Waals surface area contributed by atoms with Crippen LogP contribution in [0.4, 0.5) is 0 Å². The molecule has 2 aromatic heterocycles. The summed E-state index contributed by atoms with van der Waals surface area (Å²) in [7, 11) is 16.6. The second-order valence-electron chi connectivity index (χ2n) is 10.7. The number of hydrogen-bond acceptors (Lipinski definition) is 2. The van der Waals surface area contributed by atoms with E-state index in [4.69, 9.17) is 17.0 Å². The topological polar surface area (TPSA) is 0 Å². The number of halogens is 2. The molecule has 2 aliphatic rings. The van der Waals surface area contributed by atoms with Gasteiger partial charge in [0.15, 0.2) is 0 Å². The van der Waals surface area contributed by atoms with Crippen molar-refractivity contribution in [3.8, 4) is 22.3 Å². The van der Waals surface area contributed by atoms with Gasteiger partial charge in [0.2, 0.25) is 0 Å². The van der Waals surface area contributed by atoms with Crippen molar-refractivity contribution in [2.45, 2.75) is 34.2 Å². The summed E-state index contributed by atoms with van der Waals surface area (Å²) in [5.74, 6) is -1.51. The van der Waals surface area contributed by atoms with Gasteiger partial charge in [0.05, 0.1) is 0 Å². The molecule has 0 saturated heterocycles. The molecule has 2 unspecified atom stereocenters. The Balaban J connectivity index is 1.57. The Bertz CT molecular complexity index is 1420. The van der Waals surface area contributed by atoms with Crippen molar-refractivity contribution in [2.24, 2.45) is 0 Å². The van der Waals surface area contributed by atoms with Crippen molar-refractivity contribution in [3.63, 3.8) is 0 Å². The molecule has 2 aliphatic carbocycles. The molecule has 0 radical (unpaired) electrons. The van der Waals surface area contributed by atoms with Gasteiger partial charge in [0.1, 0.15) is 0 Å². The molecule has 0 N–H and O–H groups in total. The van der Waals surface area contributed by atoms with Crippen molar-refractivity contribution in [1.29, 1.82) is 0 Å². The molecule has 2 aromatic carbocycles. The van der Waals surface area contributed by atoms with Gasteiger partial charge in [-0.2, -0.15) is 0 Å². The van der Waals surface area contributed by atoms with E-state index in [9.17, 15) is 0 Å². The van der Waals surface area contributed by atoms with Crippen LogP contribution in [0, 0.1) is 0 Å². The van der Waals surface area contributed by atoms with Gasteiger partial charge in [-0.3, -0.25) is 0 Å². The molecule has 183 valence electrons. The Morgan fingerprint density at radius 3 is 1.50 bits per heavy atom. The summed E-state index contributed by atoms with van der Waals surface area (Å²) in [4.78, 5) is 0. The van der Waals surface area contributed by atoms with Crippen molar-refractivity contribution >= 4 is 57.8 Å². The van der Waals surface area contributed by atoms with E-state index < -0.39 is 21.5 Å². The fraction of sp³-hybridized carbons (Fsp3) is 0.200. The quantitative estimate of drug-likeness (QED) is 0.190. The van der Waals surface area contributed by atoms with E-state index in [-0.39, 0.29) is 7.25 Å². The van der Waals surface area contributed by atoms with Gasteiger partial charge in [-0.25, -0.2) is 0 Å². The van der Waals surface area contributed by atoms with Gasteiger partial charge in [-0.15, -0.1) is 0 Å². The summed E-state index contributed by atoms with van der Waals surface area (Å²) in [6, 6.07) is 17.9. The molecule has 6 heteroatoms. The van der Waals surface area contributed by atoms with Crippen molar-refractivity contribution in [2.75, 3.05) is 0 Å². The SMILES string of the molecule is CC1=Cc2c(-c3ccsc3)cccc2[CH]1[Zr]([Cl])([Cl])([CH]1C(C)=Cc2c(-c3ccsc3)cccc21)[SiH](C)C. The Kier molecular flexibility index (Phi) is 6.35. The van der Waals surface area contributed by atoms with Crippen LogP contribution < -0.4 is 0 Å². The van der Waals surface area contributed by atoms with Gasteiger partial charge < -0.3 is 0 Å². The summed E-state index contributed by atoms with van der Waals surface area (Å²) < 4.78 is 0.276. The van der Waals surface area contributed by atoms with E-state index in [0.29, 0.717) is 0 Å². The van der Waals surface area contributed by atoms with E-state index in [1.807, 2.05) is 0 Å². The van der Waals surface area contributed by atoms with Gasteiger partial charge in [0.25, 0.3) is 0 Å². The summed E-state index contributed by atoms with van der Waals surface area (Å²) in [5, 5.41) is 8.79. The molecule has 0 nitrogen and oxygen atoms in total. The second kappa shape index (κ2) is 9.04. The van der Waals surface area contributed by atoms with Crippen LogP contribution in [-0.2, 0) is 15.6 Å². The summed E-state index contributed by atoms with van der Waals surface area (Å²) >= 11 is -1.09. The molecule has 2 heterocycles. The van der Waals surface area contributed by atoms with E-state index >= 15 is 0 Å². The number of rotatable bonds is 5. The molecule has 2 atom stereocenters. The summed E-state index contributed by atoms with van der Waals surface area (Å²) in [6.45, 7) is 9.36.